The van der Waals surface area contributed by atoms with Crippen molar-refractivity contribution < 1.29 is 4.39 Å². The average molecular weight is 312 g/mol. The van der Waals surface area contributed by atoms with Gasteiger partial charge in [-0.05, 0) is 43.5 Å². The lowest BCUT2D eigenvalue weighted by Gasteiger charge is -2.03. The molecule has 0 saturated heterocycles. The number of halogens is 1. The van der Waals surface area contributed by atoms with Crippen molar-refractivity contribution in [2.75, 3.05) is 11.1 Å². The molecule has 0 aliphatic rings. The molecule has 0 amide bonds. The number of hydrogen-bond acceptors (Lipinski definition) is 5. The van der Waals surface area contributed by atoms with Crippen LogP contribution >= 0.6 is 0 Å². The first-order valence-electron chi connectivity index (χ1n) is 7.24. The Kier molecular flexibility index (Phi) is 4.18. The molecule has 0 saturated carbocycles. The minimum atomic E-state index is -0.242. The fourth-order valence-electron chi connectivity index (χ4n) is 2.21. The summed E-state index contributed by atoms with van der Waals surface area (Å²) in [6.07, 6.45) is 4.57. The molecule has 0 spiro atoms. The number of hydrogen-bond donors (Lipinski definition) is 3. The van der Waals surface area contributed by atoms with Crippen LogP contribution in [-0.4, -0.2) is 20.2 Å². The largest absolute Gasteiger partial charge is 0.399 e. The van der Waals surface area contributed by atoms with Gasteiger partial charge in [-0.3, -0.25) is 5.10 Å². The van der Waals surface area contributed by atoms with Crippen LogP contribution in [0.3, 0.4) is 0 Å². The second kappa shape index (κ2) is 6.43. The lowest BCUT2D eigenvalue weighted by atomic mass is 10.1. The minimum absolute atomic E-state index is 0.242. The van der Waals surface area contributed by atoms with Crippen LogP contribution in [-0.2, 0) is 12.8 Å². The van der Waals surface area contributed by atoms with Gasteiger partial charge in [-0.1, -0.05) is 0 Å². The summed E-state index contributed by atoms with van der Waals surface area (Å²) in [4.78, 5) is 8.22. The Bertz CT molecular complexity index is 797. The predicted molar refractivity (Wildman–Crippen MR) is 86.9 cm³/mol. The number of nitrogens with two attached hydrogens (primary N) is 1. The van der Waals surface area contributed by atoms with E-state index >= 15 is 0 Å². The third-order valence-electron chi connectivity index (χ3n) is 3.42. The quantitative estimate of drug-likeness (QED) is 0.630. The zero-order chi connectivity index (χ0) is 16.2. The van der Waals surface area contributed by atoms with Gasteiger partial charge < -0.3 is 11.1 Å². The number of nitrogens with zero attached hydrogens (tertiary/aromatic N) is 3. The molecular formula is C16H17FN6. The van der Waals surface area contributed by atoms with Crippen molar-refractivity contribution in [1.29, 1.82) is 0 Å². The first kappa shape index (κ1) is 15.0. The molecule has 0 unspecified atom stereocenters. The zero-order valence-electron chi connectivity index (χ0n) is 12.7. The van der Waals surface area contributed by atoms with Crippen molar-refractivity contribution in [3.8, 4) is 0 Å². The van der Waals surface area contributed by atoms with Gasteiger partial charge in [0.2, 0.25) is 0 Å². The number of aromatic nitrogens is 4. The Balaban J connectivity index is 1.63. The first-order chi connectivity index (χ1) is 11.1. The van der Waals surface area contributed by atoms with Crippen LogP contribution < -0.4 is 11.1 Å². The van der Waals surface area contributed by atoms with Crippen LogP contribution in [0, 0.1) is 12.7 Å². The van der Waals surface area contributed by atoms with Crippen LogP contribution in [0.4, 0.5) is 21.6 Å². The molecule has 2 aromatic heterocycles. The summed E-state index contributed by atoms with van der Waals surface area (Å²) in [7, 11) is 0. The Morgan fingerprint density at radius 1 is 1.17 bits per heavy atom. The van der Waals surface area contributed by atoms with Crippen molar-refractivity contribution in [2.24, 2.45) is 0 Å². The van der Waals surface area contributed by atoms with Gasteiger partial charge in [-0.15, -0.1) is 0 Å². The van der Waals surface area contributed by atoms with E-state index in [0.717, 1.165) is 11.4 Å². The van der Waals surface area contributed by atoms with E-state index in [9.17, 15) is 4.39 Å². The van der Waals surface area contributed by atoms with Gasteiger partial charge in [0.05, 0.1) is 18.1 Å². The molecular weight excluding hydrogens is 295 g/mol. The second-order valence-corrected chi connectivity index (χ2v) is 5.27. The van der Waals surface area contributed by atoms with Gasteiger partial charge in [0.1, 0.15) is 11.6 Å². The standard InChI is InChI=1S/C16H17FN6/c1-10-19-8-14(9-20-10)21-16-7-13(22-23-16)4-2-11-6-12(18)3-5-15(11)17/h3,5-9H,2,4,18H2,1H3,(H2,21,22,23). The molecule has 0 atom stereocenters. The summed E-state index contributed by atoms with van der Waals surface area (Å²) in [5, 5.41) is 10.2. The molecule has 118 valence electrons. The van der Waals surface area contributed by atoms with E-state index in [4.69, 9.17) is 5.73 Å². The molecule has 3 aromatic rings. The van der Waals surface area contributed by atoms with Crippen LogP contribution in [0.25, 0.3) is 0 Å². The Morgan fingerprint density at radius 2 is 1.96 bits per heavy atom. The number of aromatic amines is 1. The molecule has 1 aromatic carbocycles. The number of anilines is 3. The maximum Gasteiger partial charge on any atom is 0.152 e. The van der Waals surface area contributed by atoms with Crippen LogP contribution in [0.2, 0.25) is 0 Å². The van der Waals surface area contributed by atoms with Gasteiger partial charge in [-0.25, -0.2) is 14.4 Å². The maximum atomic E-state index is 13.7. The number of rotatable bonds is 5. The van der Waals surface area contributed by atoms with Gasteiger partial charge in [0.15, 0.2) is 5.82 Å². The molecule has 0 aliphatic heterocycles. The van der Waals surface area contributed by atoms with Gasteiger partial charge in [0, 0.05) is 17.4 Å². The molecule has 23 heavy (non-hydrogen) atoms. The summed E-state index contributed by atoms with van der Waals surface area (Å²) in [6, 6.07) is 6.49. The Morgan fingerprint density at radius 3 is 2.74 bits per heavy atom. The highest BCUT2D eigenvalue weighted by atomic mass is 19.1. The van der Waals surface area contributed by atoms with Crippen molar-refractivity contribution in [3.63, 3.8) is 0 Å². The van der Waals surface area contributed by atoms with E-state index in [0.29, 0.717) is 35.7 Å². The van der Waals surface area contributed by atoms with Crippen molar-refractivity contribution >= 4 is 17.2 Å². The number of nitrogens with one attached hydrogen (secondary N) is 2. The Labute approximate surface area is 133 Å². The normalized spacial score (nSPS) is 10.7. The molecule has 2 heterocycles. The number of nitrogen functional groups attached to an aromatic ring is 1. The van der Waals surface area contributed by atoms with Gasteiger partial charge in [0.25, 0.3) is 0 Å². The summed E-state index contributed by atoms with van der Waals surface area (Å²) in [5.74, 6) is 1.14. The van der Waals surface area contributed by atoms with E-state index < -0.39 is 0 Å². The molecule has 0 radical (unpaired) electrons. The maximum absolute atomic E-state index is 13.7. The van der Waals surface area contributed by atoms with Crippen molar-refractivity contribution in [1.82, 2.24) is 20.2 Å². The molecule has 3 rings (SSSR count). The van der Waals surface area contributed by atoms with Crippen molar-refractivity contribution in [3.05, 3.63) is 59.6 Å². The van der Waals surface area contributed by atoms with Gasteiger partial charge in [-0.2, -0.15) is 5.10 Å². The van der Waals surface area contributed by atoms with Crippen LogP contribution in [0.5, 0.6) is 0 Å². The summed E-state index contributed by atoms with van der Waals surface area (Å²) >= 11 is 0. The third kappa shape index (κ3) is 3.82. The Hall–Kier alpha value is -2.96. The monoisotopic (exact) mass is 312 g/mol. The topological polar surface area (TPSA) is 92.5 Å². The van der Waals surface area contributed by atoms with Crippen LogP contribution in [0.15, 0.2) is 36.7 Å². The highest BCUT2D eigenvalue weighted by Crippen LogP contribution is 2.17. The fraction of sp³-hybridized carbons (Fsp3) is 0.188. The first-order valence-corrected chi connectivity index (χ1v) is 7.24. The lowest BCUT2D eigenvalue weighted by Crippen LogP contribution is -1.97. The molecule has 0 fully saturated rings. The smallest absolute Gasteiger partial charge is 0.152 e. The summed E-state index contributed by atoms with van der Waals surface area (Å²) < 4.78 is 13.7. The van der Waals surface area contributed by atoms with E-state index in [2.05, 4.69) is 25.5 Å². The van der Waals surface area contributed by atoms with E-state index in [1.54, 1.807) is 24.5 Å². The third-order valence-corrected chi connectivity index (χ3v) is 3.42. The molecule has 7 heteroatoms. The van der Waals surface area contributed by atoms with E-state index in [1.165, 1.54) is 6.07 Å². The number of H-pyrrole nitrogens is 1. The summed E-state index contributed by atoms with van der Waals surface area (Å²) in [5.41, 5.74) is 8.51. The fourth-order valence-corrected chi connectivity index (χ4v) is 2.21. The zero-order valence-corrected chi connectivity index (χ0v) is 12.7. The van der Waals surface area contributed by atoms with Gasteiger partial charge >= 0.3 is 0 Å². The molecule has 0 aliphatic carbocycles. The minimum Gasteiger partial charge on any atom is -0.399 e. The van der Waals surface area contributed by atoms with E-state index in [-0.39, 0.29) is 5.82 Å². The highest BCUT2D eigenvalue weighted by molar-refractivity contribution is 5.53. The number of aryl methyl sites for hydroxylation is 3. The molecule has 0 bridgehead atoms. The lowest BCUT2D eigenvalue weighted by molar-refractivity contribution is 0.608. The number of benzene rings is 1. The van der Waals surface area contributed by atoms with Crippen molar-refractivity contribution in [2.45, 2.75) is 19.8 Å². The van der Waals surface area contributed by atoms with Crippen LogP contribution in [0.1, 0.15) is 17.1 Å². The SMILES string of the molecule is Cc1ncc(Nc2cc(CCc3cc(N)ccc3F)[nH]n2)cn1. The molecule has 6 nitrogen and oxygen atoms in total. The van der Waals surface area contributed by atoms with E-state index in [1.807, 2.05) is 13.0 Å². The summed E-state index contributed by atoms with van der Waals surface area (Å²) in [6.45, 7) is 1.83. The molecule has 4 N–H and O–H groups in total. The predicted octanol–water partition coefficient (Wildman–Crippen LogP) is 2.76. The average Bonchev–Trinajstić information content (AvgIpc) is 2.98. The highest BCUT2D eigenvalue weighted by Gasteiger charge is 2.06. The second-order valence-electron chi connectivity index (χ2n) is 5.27.